The zero-order valence-electron chi connectivity index (χ0n) is 13.9. The van der Waals surface area contributed by atoms with Gasteiger partial charge in [0.05, 0.1) is 0 Å². The molecule has 21 heavy (non-hydrogen) atoms. The molecule has 0 aliphatic carbocycles. The Labute approximate surface area is 129 Å². The summed E-state index contributed by atoms with van der Waals surface area (Å²) in [6.07, 6.45) is 2.64. The first-order valence-corrected chi connectivity index (χ1v) is 8.09. The number of hydrogen-bond acceptors (Lipinski definition) is 2. The van der Waals surface area contributed by atoms with E-state index in [0.717, 1.165) is 25.9 Å². The third kappa shape index (κ3) is 7.86. The highest BCUT2D eigenvalue weighted by atomic mass is 16.1. The summed E-state index contributed by atoms with van der Waals surface area (Å²) in [5.41, 5.74) is 2.66. The van der Waals surface area contributed by atoms with Crippen LogP contribution in [0, 0.1) is 5.92 Å². The number of rotatable bonds is 9. The third-order valence-electron chi connectivity index (χ3n) is 3.54. The van der Waals surface area contributed by atoms with Gasteiger partial charge in [-0.1, -0.05) is 45.0 Å². The van der Waals surface area contributed by atoms with Gasteiger partial charge in [0.25, 0.3) is 0 Å². The average molecular weight is 290 g/mol. The van der Waals surface area contributed by atoms with Crippen LogP contribution in [0.2, 0.25) is 0 Å². The molecule has 0 saturated carbocycles. The summed E-state index contributed by atoms with van der Waals surface area (Å²) < 4.78 is 0. The monoisotopic (exact) mass is 290 g/mol. The number of carbonyl (C=O) groups is 1. The largest absolute Gasteiger partial charge is 0.354 e. The van der Waals surface area contributed by atoms with Crippen molar-refractivity contribution in [1.82, 2.24) is 10.6 Å². The second-order valence-electron chi connectivity index (χ2n) is 6.22. The Morgan fingerprint density at radius 1 is 1.10 bits per heavy atom. The number of benzene rings is 1. The third-order valence-corrected chi connectivity index (χ3v) is 3.54. The average Bonchev–Trinajstić information content (AvgIpc) is 2.44. The summed E-state index contributed by atoms with van der Waals surface area (Å²) in [5.74, 6) is 0.821. The van der Waals surface area contributed by atoms with Crippen molar-refractivity contribution in [2.24, 2.45) is 5.92 Å². The van der Waals surface area contributed by atoms with Gasteiger partial charge in [0, 0.05) is 25.6 Å². The number of carbonyl (C=O) groups excluding carboxylic acids is 1. The Kier molecular flexibility index (Phi) is 8.06. The molecular weight excluding hydrogens is 260 g/mol. The molecule has 0 bridgehead atoms. The van der Waals surface area contributed by atoms with Gasteiger partial charge in [-0.25, -0.2) is 0 Å². The van der Waals surface area contributed by atoms with Crippen LogP contribution in [0.15, 0.2) is 24.3 Å². The van der Waals surface area contributed by atoms with Crippen molar-refractivity contribution >= 4 is 5.91 Å². The van der Waals surface area contributed by atoms with Crippen LogP contribution in [0.25, 0.3) is 0 Å². The zero-order valence-corrected chi connectivity index (χ0v) is 13.9. The summed E-state index contributed by atoms with van der Waals surface area (Å²) in [6, 6.07) is 9.01. The molecule has 0 fully saturated rings. The Morgan fingerprint density at radius 2 is 1.71 bits per heavy atom. The minimum atomic E-state index is 0.129. The Morgan fingerprint density at radius 3 is 2.29 bits per heavy atom. The van der Waals surface area contributed by atoms with E-state index in [0.29, 0.717) is 12.3 Å². The number of amides is 1. The van der Waals surface area contributed by atoms with Crippen LogP contribution in [-0.2, 0) is 17.8 Å². The number of hydrogen-bond donors (Lipinski definition) is 2. The van der Waals surface area contributed by atoms with Crippen LogP contribution >= 0.6 is 0 Å². The van der Waals surface area contributed by atoms with E-state index in [9.17, 15) is 4.79 Å². The maximum absolute atomic E-state index is 11.6. The predicted octanol–water partition coefficient (Wildman–Crippen LogP) is 3.28. The van der Waals surface area contributed by atoms with Crippen LogP contribution in [0.1, 0.15) is 51.7 Å². The van der Waals surface area contributed by atoms with Crippen molar-refractivity contribution in [3.05, 3.63) is 35.4 Å². The van der Waals surface area contributed by atoms with Gasteiger partial charge < -0.3 is 10.6 Å². The molecule has 0 heterocycles. The van der Waals surface area contributed by atoms with Crippen molar-refractivity contribution in [1.29, 1.82) is 0 Å². The van der Waals surface area contributed by atoms with E-state index in [4.69, 9.17) is 0 Å². The molecule has 1 unspecified atom stereocenters. The predicted molar refractivity (Wildman–Crippen MR) is 89.2 cm³/mol. The van der Waals surface area contributed by atoms with E-state index in [-0.39, 0.29) is 11.9 Å². The maximum atomic E-state index is 11.6. The lowest BCUT2D eigenvalue weighted by atomic mass is 10.0. The minimum absolute atomic E-state index is 0.129. The smallest absolute Gasteiger partial charge is 0.221 e. The molecule has 1 aromatic carbocycles. The van der Waals surface area contributed by atoms with Crippen LogP contribution < -0.4 is 10.6 Å². The second-order valence-corrected chi connectivity index (χ2v) is 6.22. The SMILES string of the molecule is CCC(C)NC(=O)CCNCc1ccc(CC(C)C)cc1. The Hall–Kier alpha value is -1.35. The second kappa shape index (κ2) is 9.56. The molecule has 118 valence electrons. The Balaban J connectivity index is 2.22. The molecule has 0 aliphatic heterocycles. The summed E-state index contributed by atoms with van der Waals surface area (Å²) >= 11 is 0. The lowest BCUT2D eigenvalue weighted by Crippen LogP contribution is -2.33. The Bertz CT molecular complexity index is 412. The summed E-state index contributed by atoms with van der Waals surface area (Å²) in [6.45, 7) is 10.1. The molecule has 3 heteroatoms. The fourth-order valence-corrected chi connectivity index (χ4v) is 2.15. The van der Waals surface area contributed by atoms with Gasteiger partial charge >= 0.3 is 0 Å². The molecule has 1 amide bonds. The molecule has 0 aliphatic rings. The fourth-order valence-electron chi connectivity index (χ4n) is 2.15. The fraction of sp³-hybridized carbons (Fsp3) is 0.611. The molecule has 0 radical (unpaired) electrons. The van der Waals surface area contributed by atoms with Gasteiger partial charge in [0.15, 0.2) is 0 Å². The van der Waals surface area contributed by atoms with Crippen molar-refractivity contribution in [2.75, 3.05) is 6.54 Å². The van der Waals surface area contributed by atoms with E-state index < -0.39 is 0 Å². The first kappa shape index (κ1) is 17.7. The lowest BCUT2D eigenvalue weighted by Gasteiger charge is -2.11. The highest BCUT2D eigenvalue weighted by Crippen LogP contribution is 2.09. The minimum Gasteiger partial charge on any atom is -0.354 e. The van der Waals surface area contributed by atoms with E-state index >= 15 is 0 Å². The van der Waals surface area contributed by atoms with Crippen molar-refractivity contribution < 1.29 is 4.79 Å². The molecule has 3 nitrogen and oxygen atoms in total. The van der Waals surface area contributed by atoms with Crippen molar-refractivity contribution in [3.63, 3.8) is 0 Å². The highest BCUT2D eigenvalue weighted by Gasteiger charge is 2.04. The highest BCUT2D eigenvalue weighted by molar-refractivity contribution is 5.76. The molecule has 1 atom stereocenters. The van der Waals surface area contributed by atoms with E-state index in [1.165, 1.54) is 11.1 Å². The first-order chi connectivity index (χ1) is 10.0. The van der Waals surface area contributed by atoms with E-state index in [1.807, 2.05) is 6.92 Å². The van der Waals surface area contributed by atoms with Crippen LogP contribution in [-0.4, -0.2) is 18.5 Å². The topological polar surface area (TPSA) is 41.1 Å². The van der Waals surface area contributed by atoms with Crippen LogP contribution in [0.4, 0.5) is 0 Å². The quantitative estimate of drug-likeness (QED) is 0.685. The molecular formula is C18H30N2O. The van der Waals surface area contributed by atoms with Crippen LogP contribution in [0.3, 0.4) is 0 Å². The van der Waals surface area contributed by atoms with E-state index in [1.54, 1.807) is 0 Å². The summed E-state index contributed by atoms with van der Waals surface area (Å²) in [5, 5.41) is 6.30. The maximum Gasteiger partial charge on any atom is 0.221 e. The van der Waals surface area contributed by atoms with Crippen molar-refractivity contribution in [2.45, 2.75) is 59.5 Å². The lowest BCUT2D eigenvalue weighted by molar-refractivity contribution is -0.121. The normalized spacial score (nSPS) is 12.4. The van der Waals surface area contributed by atoms with Gasteiger partial charge in [-0.15, -0.1) is 0 Å². The molecule has 1 rings (SSSR count). The molecule has 0 spiro atoms. The summed E-state index contributed by atoms with van der Waals surface area (Å²) in [7, 11) is 0. The molecule has 0 saturated heterocycles. The van der Waals surface area contributed by atoms with Gasteiger partial charge in [-0.05, 0) is 36.8 Å². The summed E-state index contributed by atoms with van der Waals surface area (Å²) in [4.78, 5) is 11.6. The van der Waals surface area contributed by atoms with Gasteiger partial charge in [0.1, 0.15) is 0 Å². The van der Waals surface area contributed by atoms with E-state index in [2.05, 4.69) is 55.7 Å². The molecule has 2 N–H and O–H groups in total. The first-order valence-electron chi connectivity index (χ1n) is 8.09. The van der Waals surface area contributed by atoms with Gasteiger partial charge in [0.2, 0.25) is 5.91 Å². The van der Waals surface area contributed by atoms with Crippen LogP contribution in [0.5, 0.6) is 0 Å². The van der Waals surface area contributed by atoms with Gasteiger partial charge in [-0.3, -0.25) is 4.79 Å². The standard InChI is InChI=1S/C18H30N2O/c1-5-15(4)20-18(21)10-11-19-13-17-8-6-16(7-9-17)12-14(2)3/h6-9,14-15,19H,5,10-13H2,1-4H3,(H,20,21). The number of nitrogens with one attached hydrogen (secondary N) is 2. The molecule has 0 aromatic heterocycles. The van der Waals surface area contributed by atoms with Crippen molar-refractivity contribution in [3.8, 4) is 0 Å². The van der Waals surface area contributed by atoms with Gasteiger partial charge in [-0.2, -0.15) is 0 Å². The molecule has 1 aromatic rings. The zero-order chi connectivity index (χ0) is 15.7.